The molecule has 2 aromatic carbocycles. The zero-order valence-electron chi connectivity index (χ0n) is 14.2. The van der Waals surface area contributed by atoms with Crippen LogP contribution < -0.4 is 4.90 Å². The maximum absolute atomic E-state index is 11.6. The van der Waals surface area contributed by atoms with Gasteiger partial charge in [-0.3, -0.25) is 10.1 Å². The van der Waals surface area contributed by atoms with Crippen molar-refractivity contribution in [3.63, 3.8) is 0 Å². The van der Waals surface area contributed by atoms with Crippen LogP contribution in [0.1, 0.15) is 39.2 Å². The minimum atomic E-state index is -0.391. The molecule has 6 heteroatoms. The summed E-state index contributed by atoms with van der Waals surface area (Å²) in [5.74, 6) is 0.0228. The maximum Gasteiger partial charge on any atom is 0.277 e. The number of anilines is 1. The molecule has 2 atom stereocenters. The molecule has 1 N–H and O–H groups in total. The van der Waals surface area contributed by atoms with Crippen molar-refractivity contribution in [3.05, 3.63) is 39.9 Å². The molecule has 1 heterocycles. The predicted molar refractivity (Wildman–Crippen MR) is 97.4 cm³/mol. The molecule has 0 fully saturated rings. The highest BCUT2D eigenvalue weighted by molar-refractivity contribution is 6.21. The van der Waals surface area contributed by atoms with E-state index in [9.17, 15) is 15.2 Å². The van der Waals surface area contributed by atoms with Crippen LogP contribution in [0.15, 0.2) is 24.3 Å². The van der Waals surface area contributed by atoms with E-state index in [4.69, 9.17) is 11.6 Å². The Morgan fingerprint density at radius 2 is 2.08 bits per heavy atom. The van der Waals surface area contributed by atoms with E-state index in [1.54, 1.807) is 18.2 Å². The van der Waals surface area contributed by atoms with Gasteiger partial charge < -0.3 is 10.0 Å². The van der Waals surface area contributed by atoms with Crippen molar-refractivity contribution in [1.82, 2.24) is 0 Å². The summed E-state index contributed by atoms with van der Waals surface area (Å²) in [6.07, 6.45) is 0. The molecule has 1 aliphatic heterocycles. The largest absolute Gasteiger partial charge is 0.507 e. The lowest BCUT2D eigenvalue weighted by Gasteiger charge is -2.35. The Labute approximate surface area is 146 Å². The predicted octanol–water partition coefficient (Wildman–Crippen LogP) is 4.78. The second-order valence-corrected chi connectivity index (χ2v) is 8.04. The molecule has 5 nitrogen and oxygen atoms in total. The normalized spacial score (nSPS) is 18.7. The van der Waals surface area contributed by atoms with Crippen molar-refractivity contribution < 1.29 is 10.0 Å². The van der Waals surface area contributed by atoms with Gasteiger partial charge in [0.05, 0.1) is 10.3 Å². The Morgan fingerprint density at radius 1 is 1.42 bits per heavy atom. The third kappa shape index (κ3) is 2.47. The highest BCUT2D eigenvalue weighted by atomic mass is 35.5. The number of alkyl halides is 1. The highest BCUT2D eigenvalue weighted by Crippen LogP contribution is 2.50. The number of nitro benzene ring substituents is 1. The number of hydrogen-bond acceptors (Lipinski definition) is 4. The molecule has 1 aliphatic rings. The number of hydrogen-bond donors (Lipinski definition) is 1. The van der Waals surface area contributed by atoms with Crippen LogP contribution in [0.2, 0.25) is 0 Å². The van der Waals surface area contributed by atoms with Gasteiger partial charge in [0.2, 0.25) is 0 Å². The van der Waals surface area contributed by atoms with E-state index in [2.05, 4.69) is 25.7 Å². The molecule has 0 unspecified atom stereocenters. The number of phenolic OH excluding ortho intramolecular Hbond substituents is 1. The average Bonchev–Trinajstić information content (AvgIpc) is 2.86. The van der Waals surface area contributed by atoms with Gasteiger partial charge in [0.1, 0.15) is 5.75 Å². The van der Waals surface area contributed by atoms with E-state index in [-0.39, 0.29) is 28.3 Å². The molecule has 24 heavy (non-hydrogen) atoms. The molecule has 0 aliphatic carbocycles. The zero-order valence-corrected chi connectivity index (χ0v) is 15.0. The van der Waals surface area contributed by atoms with Crippen LogP contribution in [0.5, 0.6) is 5.75 Å². The molecule has 2 aromatic rings. The van der Waals surface area contributed by atoms with Gasteiger partial charge in [0.15, 0.2) is 0 Å². The second-order valence-electron chi connectivity index (χ2n) is 7.35. The monoisotopic (exact) mass is 348 g/mol. The molecule has 0 aromatic heterocycles. The summed E-state index contributed by atoms with van der Waals surface area (Å²) in [5, 5.41) is 22.9. The smallest absolute Gasteiger partial charge is 0.277 e. The van der Waals surface area contributed by atoms with Gasteiger partial charge in [-0.15, -0.1) is 11.6 Å². The molecule has 0 radical (unpaired) electrons. The van der Waals surface area contributed by atoms with Gasteiger partial charge in [-0.25, -0.2) is 0 Å². The number of fused-ring (bicyclic) bond motifs is 3. The van der Waals surface area contributed by atoms with Crippen molar-refractivity contribution in [2.45, 2.75) is 44.5 Å². The Kier molecular flexibility index (Phi) is 3.87. The van der Waals surface area contributed by atoms with Gasteiger partial charge >= 0.3 is 0 Å². The Hall–Kier alpha value is -2.01. The third-order valence-electron chi connectivity index (χ3n) is 4.74. The van der Waals surface area contributed by atoms with E-state index in [1.165, 1.54) is 6.07 Å². The van der Waals surface area contributed by atoms with Crippen molar-refractivity contribution in [3.8, 4) is 5.75 Å². The minimum absolute atomic E-state index is 0.0118. The number of rotatable bonds is 2. The number of phenols is 1. The number of benzene rings is 2. The lowest BCUT2D eigenvalue weighted by molar-refractivity contribution is -0.383. The Balaban J connectivity index is 2.44. The number of nitro groups is 1. The van der Waals surface area contributed by atoms with Gasteiger partial charge in [-0.05, 0) is 33.3 Å². The molecular formula is C18H21ClN2O3. The highest BCUT2D eigenvalue weighted by Gasteiger charge is 2.40. The standard InChI is InChI=1S/C18H21ClN2O3/c1-10(19)12-9-20(18(2,3)4)14-8-15(22)11-6-5-7-13(21(23)24)16(11)17(12)14/h5-8,10,12,22H,9H2,1-4H3/t10-,12+/m1/s1. The zero-order chi connectivity index (χ0) is 17.8. The summed E-state index contributed by atoms with van der Waals surface area (Å²) < 4.78 is 0. The molecule has 3 rings (SSSR count). The molecule has 128 valence electrons. The first-order chi connectivity index (χ1) is 11.1. The van der Waals surface area contributed by atoms with Crippen molar-refractivity contribution in [1.29, 1.82) is 0 Å². The van der Waals surface area contributed by atoms with Crippen molar-refractivity contribution in [2.24, 2.45) is 0 Å². The van der Waals surface area contributed by atoms with Crippen molar-refractivity contribution in [2.75, 3.05) is 11.4 Å². The first kappa shape index (κ1) is 16.8. The first-order valence-corrected chi connectivity index (χ1v) is 8.41. The minimum Gasteiger partial charge on any atom is -0.507 e. The summed E-state index contributed by atoms with van der Waals surface area (Å²) in [4.78, 5) is 13.3. The van der Waals surface area contributed by atoms with E-state index in [1.807, 2.05) is 6.92 Å². The lowest BCUT2D eigenvalue weighted by atomic mass is 9.91. The van der Waals surface area contributed by atoms with Crippen molar-refractivity contribution >= 4 is 33.7 Å². The second kappa shape index (κ2) is 5.52. The molecule has 0 saturated heterocycles. The lowest BCUT2D eigenvalue weighted by Crippen LogP contribution is -2.41. The fraction of sp³-hybridized carbons (Fsp3) is 0.444. The van der Waals surface area contributed by atoms with Crippen LogP contribution in [-0.2, 0) is 0 Å². The van der Waals surface area contributed by atoms with Crippen LogP contribution in [0, 0.1) is 10.1 Å². The third-order valence-corrected chi connectivity index (χ3v) is 5.04. The quantitative estimate of drug-likeness (QED) is 0.481. The molecule has 0 spiro atoms. The molecule has 0 amide bonds. The Morgan fingerprint density at radius 3 is 2.62 bits per heavy atom. The van der Waals surface area contributed by atoms with E-state index < -0.39 is 4.92 Å². The summed E-state index contributed by atoms with van der Waals surface area (Å²) in [7, 11) is 0. The van der Waals surface area contributed by atoms with Crippen LogP contribution in [0.3, 0.4) is 0 Å². The van der Waals surface area contributed by atoms with Gasteiger partial charge in [-0.1, -0.05) is 12.1 Å². The number of aromatic hydroxyl groups is 1. The number of non-ortho nitro benzene ring substituents is 1. The van der Waals surface area contributed by atoms with E-state index in [0.29, 0.717) is 17.3 Å². The summed E-state index contributed by atoms with van der Waals surface area (Å²) in [5.41, 5.74) is 1.53. The van der Waals surface area contributed by atoms with Gasteiger partial charge in [0.25, 0.3) is 5.69 Å². The molecule has 0 saturated carbocycles. The summed E-state index contributed by atoms with van der Waals surface area (Å²) >= 11 is 6.44. The molecule has 0 bridgehead atoms. The van der Waals surface area contributed by atoms with E-state index >= 15 is 0 Å². The van der Waals surface area contributed by atoms with Crippen LogP contribution in [-0.4, -0.2) is 27.5 Å². The first-order valence-electron chi connectivity index (χ1n) is 7.97. The summed E-state index contributed by atoms with van der Waals surface area (Å²) in [6, 6.07) is 6.51. The Bertz CT molecular complexity index is 827. The fourth-order valence-electron chi connectivity index (χ4n) is 3.60. The van der Waals surface area contributed by atoms with Crippen LogP contribution >= 0.6 is 11.6 Å². The number of halogens is 1. The van der Waals surface area contributed by atoms with Crippen LogP contribution in [0.25, 0.3) is 10.8 Å². The number of nitrogens with zero attached hydrogens (tertiary/aromatic N) is 2. The fourth-order valence-corrected chi connectivity index (χ4v) is 3.80. The van der Waals surface area contributed by atoms with Crippen LogP contribution in [0.4, 0.5) is 11.4 Å². The summed E-state index contributed by atoms with van der Waals surface area (Å²) in [6.45, 7) is 8.83. The van der Waals surface area contributed by atoms with Gasteiger partial charge in [-0.2, -0.15) is 0 Å². The topological polar surface area (TPSA) is 66.6 Å². The average molecular weight is 349 g/mol. The molecular weight excluding hydrogens is 328 g/mol. The SMILES string of the molecule is C[C@@H](Cl)[C@@H]1CN(C(C)(C)C)c2cc(O)c3cccc([N+](=O)[O-])c3c21. The van der Waals surface area contributed by atoms with E-state index in [0.717, 1.165) is 11.3 Å². The maximum atomic E-state index is 11.6. The van der Waals surface area contributed by atoms with Gasteiger partial charge in [0, 0.05) is 46.6 Å².